The molecule has 0 aliphatic rings. The molecule has 3 unspecified atom stereocenters. The Morgan fingerprint density at radius 2 is 1.31 bits per heavy atom. The molecular formula is C25H34O2P2. The normalized spacial score (nSPS) is 12.0. The maximum absolute atomic E-state index is 11.8. The maximum atomic E-state index is 11.8. The summed E-state index contributed by atoms with van der Waals surface area (Å²) in [6.07, 6.45) is 11.4. The van der Waals surface area contributed by atoms with Crippen molar-refractivity contribution in [3.63, 3.8) is 0 Å². The third kappa shape index (κ3) is 8.12. The van der Waals surface area contributed by atoms with Gasteiger partial charge in [-0.1, -0.05) is 119 Å². The first-order valence-corrected chi connectivity index (χ1v) is 12.0. The topological polar surface area (TPSA) is 34.1 Å². The zero-order valence-electron chi connectivity index (χ0n) is 17.5. The molecule has 0 spiro atoms. The average molecular weight is 428 g/mol. The zero-order valence-corrected chi connectivity index (χ0v) is 19.8. The fraction of sp³-hybridized carbons (Fsp3) is 0.440. The monoisotopic (exact) mass is 428 g/mol. The Labute approximate surface area is 180 Å². The SMILES string of the molecule is CCCCCCCCCCC(c1ccc(C(=O)P)cc1)c1cccc(C(=O)P)c1. The Morgan fingerprint density at radius 3 is 1.90 bits per heavy atom. The summed E-state index contributed by atoms with van der Waals surface area (Å²) in [5.74, 6) is 0.244. The highest BCUT2D eigenvalue weighted by molar-refractivity contribution is 7.41. The molecule has 29 heavy (non-hydrogen) atoms. The largest absolute Gasteiger partial charge is 0.290 e. The van der Waals surface area contributed by atoms with E-state index in [2.05, 4.69) is 43.6 Å². The summed E-state index contributed by atoms with van der Waals surface area (Å²) in [5, 5.41) is 0. The van der Waals surface area contributed by atoms with Gasteiger partial charge in [-0.05, 0) is 23.6 Å². The van der Waals surface area contributed by atoms with Crippen molar-refractivity contribution in [1.29, 1.82) is 0 Å². The van der Waals surface area contributed by atoms with Crippen molar-refractivity contribution in [3.05, 3.63) is 70.8 Å². The molecule has 2 rings (SSSR count). The summed E-state index contributed by atoms with van der Waals surface area (Å²) in [6, 6.07) is 15.9. The van der Waals surface area contributed by atoms with Gasteiger partial charge in [0.15, 0.2) is 11.0 Å². The van der Waals surface area contributed by atoms with Crippen LogP contribution < -0.4 is 0 Å². The standard InChI is InChI=1S/C25H34O2P2/c1-2-3-4-5-6-7-8-9-13-23(19-14-16-20(17-15-19)24(26)28)21-11-10-12-22(18-21)25(27)29/h10-12,14-18,23H,2-9,13,28-29H2,1H3. The second-order valence-electron chi connectivity index (χ2n) is 7.79. The first-order chi connectivity index (χ1) is 14.0. The minimum absolute atomic E-state index is 0.00627. The van der Waals surface area contributed by atoms with Gasteiger partial charge in [-0.15, -0.1) is 0 Å². The summed E-state index contributed by atoms with van der Waals surface area (Å²) in [5.41, 5.74) is 3.83. The molecule has 0 saturated heterocycles. The quantitative estimate of drug-likeness (QED) is 0.246. The number of hydrogen-bond acceptors (Lipinski definition) is 2. The van der Waals surface area contributed by atoms with Crippen LogP contribution >= 0.6 is 18.5 Å². The van der Waals surface area contributed by atoms with Crippen molar-refractivity contribution >= 4 is 29.5 Å². The summed E-state index contributed by atoms with van der Waals surface area (Å²) < 4.78 is 0. The Morgan fingerprint density at radius 1 is 0.724 bits per heavy atom. The number of carbonyl (C=O) groups is 2. The third-order valence-corrected chi connectivity index (χ3v) is 6.18. The van der Waals surface area contributed by atoms with Gasteiger partial charge in [0.2, 0.25) is 0 Å². The Bertz CT molecular complexity index is 784. The van der Waals surface area contributed by atoms with E-state index in [1.165, 1.54) is 62.5 Å². The lowest BCUT2D eigenvalue weighted by molar-refractivity contribution is 0.108. The minimum Gasteiger partial charge on any atom is -0.290 e. The predicted octanol–water partition coefficient (Wildman–Crippen LogP) is 7.38. The molecule has 3 atom stereocenters. The van der Waals surface area contributed by atoms with Gasteiger partial charge in [-0.2, -0.15) is 0 Å². The lowest BCUT2D eigenvalue weighted by atomic mass is 9.85. The molecule has 2 aromatic carbocycles. The number of carbonyl (C=O) groups excluding carboxylic acids is 2. The molecule has 0 saturated carbocycles. The molecule has 0 amide bonds. The van der Waals surface area contributed by atoms with Crippen molar-refractivity contribution in [3.8, 4) is 0 Å². The molecule has 0 radical (unpaired) electrons. The van der Waals surface area contributed by atoms with Crippen molar-refractivity contribution < 1.29 is 9.59 Å². The van der Waals surface area contributed by atoms with E-state index < -0.39 is 0 Å². The van der Waals surface area contributed by atoms with Gasteiger partial charge in [0, 0.05) is 17.0 Å². The van der Waals surface area contributed by atoms with Crippen LogP contribution in [0.4, 0.5) is 0 Å². The molecular weight excluding hydrogens is 394 g/mol. The summed E-state index contributed by atoms with van der Waals surface area (Å²) >= 11 is 0. The highest BCUT2D eigenvalue weighted by Crippen LogP contribution is 2.31. The maximum Gasteiger partial charge on any atom is 0.178 e. The Balaban J connectivity index is 2.06. The minimum atomic E-state index is 0.00627. The lowest BCUT2D eigenvalue weighted by Crippen LogP contribution is -2.04. The molecule has 2 nitrogen and oxygen atoms in total. The molecule has 0 aliphatic heterocycles. The third-order valence-electron chi connectivity index (χ3n) is 5.52. The first kappa shape index (κ1) is 23.9. The number of rotatable bonds is 13. The van der Waals surface area contributed by atoms with Crippen molar-refractivity contribution in [2.24, 2.45) is 0 Å². The second-order valence-corrected chi connectivity index (χ2v) is 8.84. The molecule has 0 heterocycles. The van der Waals surface area contributed by atoms with E-state index in [0.717, 1.165) is 12.0 Å². The van der Waals surface area contributed by atoms with E-state index in [4.69, 9.17) is 0 Å². The van der Waals surface area contributed by atoms with E-state index in [9.17, 15) is 9.59 Å². The van der Waals surface area contributed by atoms with Crippen molar-refractivity contribution in [1.82, 2.24) is 0 Å². The summed E-state index contributed by atoms with van der Waals surface area (Å²) in [6.45, 7) is 2.25. The van der Waals surface area contributed by atoms with Crippen molar-refractivity contribution in [2.45, 2.75) is 70.6 Å². The lowest BCUT2D eigenvalue weighted by Gasteiger charge is -2.19. The van der Waals surface area contributed by atoms with E-state index in [1.807, 2.05) is 30.3 Å². The zero-order chi connectivity index (χ0) is 21.1. The molecule has 156 valence electrons. The number of hydrogen-bond donors (Lipinski definition) is 0. The second kappa shape index (κ2) is 13.0. The predicted molar refractivity (Wildman–Crippen MR) is 130 cm³/mol. The Hall–Kier alpha value is -1.36. The highest BCUT2D eigenvalue weighted by Gasteiger charge is 2.16. The highest BCUT2D eigenvalue weighted by atomic mass is 31.0. The van der Waals surface area contributed by atoms with E-state index in [-0.39, 0.29) is 17.0 Å². The van der Waals surface area contributed by atoms with Crippen LogP contribution in [0.15, 0.2) is 48.5 Å². The molecule has 4 heteroatoms. The summed E-state index contributed by atoms with van der Waals surface area (Å²) in [4.78, 5) is 23.4. The van der Waals surface area contributed by atoms with Gasteiger partial charge in [-0.25, -0.2) is 0 Å². The molecule has 0 aromatic heterocycles. The van der Waals surface area contributed by atoms with Crippen LogP contribution in [0.3, 0.4) is 0 Å². The van der Waals surface area contributed by atoms with Gasteiger partial charge >= 0.3 is 0 Å². The van der Waals surface area contributed by atoms with Gasteiger partial charge < -0.3 is 0 Å². The van der Waals surface area contributed by atoms with Crippen LogP contribution in [0.25, 0.3) is 0 Å². The number of unbranched alkanes of at least 4 members (excludes halogenated alkanes) is 7. The van der Waals surface area contributed by atoms with Gasteiger partial charge in [0.25, 0.3) is 0 Å². The van der Waals surface area contributed by atoms with E-state index in [0.29, 0.717) is 5.56 Å². The molecule has 2 aromatic rings. The fourth-order valence-electron chi connectivity index (χ4n) is 3.80. The van der Waals surface area contributed by atoms with Crippen LogP contribution in [0, 0.1) is 0 Å². The van der Waals surface area contributed by atoms with Crippen LogP contribution in [0.1, 0.15) is 102 Å². The van der Waals surface area contributed by atoms with Crippen LogP contribution in [-0.4, -0.2) is 11.0 Å². The molecule has 0 N–H and O–H groups in total. The molecule has 0 bridgehead atoms. The average Bonchev–Trinajstić information content (AvgIpc) is 2.73. The smallest absolute Gasteiger partial charge is 0.178 e. The van der Waals surface area contributed by atoms with Crippen LogP contribution in [0.5, 0.6) is 0 Å². The van der Waals surface area contributed by atoms with Crippen LogP contribution in [-0.2, 0) is 0 Å². The van der Waals surface area contributed by atoms with Gasteiger partial charge in [0.1, 0.15) is 0 Å². The van der Waals surface area contributed by atoms with Gasteiger partial charge in [-0.3, -0.25) is 9.59 Å². The fourth-order valence-corrected chi connectivity index (χ4v) is 4.17. The van der Waals surface area contributed by atoms with Gasteiger partial charge in [0.05, 0.1) is 0 Å². The first-order valence-electron chi connectivity index (χ1n) is 10.8. The molecule has 0 aliphatic carbocycles. The van der Waals surface area contributed by atoms with Crippen LogP contribution in [0.2, 0.25) is 0 Å². The summed E-state index contributed by atoms with van der Waals surface area (Å²) in [7, 11) is 4.49. The molecule has 0 fully saturated rings. The van der Waals surface area contributed by atoms with E-state index in [1.54, 1.807) is 0 Å². The van der Waals surface area contributed by atoms with Crippen molar-refractivity contribution in [2.75, 3.05) is 0 Å². The Kier molecular flexibility index (Phi) is 10.8. The van der Waals surface area contributed by atoms with E-state index >= 15 is 0 Å². The number of benzene rings is 2.